The topological polar surface area (TPSA) is 187 Å². The van der Waals surface area contributed by atoms with Crippen molar-refractivity contribution in [1.82, 2.24) is 33.0 Å². The maximum atomic E-state index is 13.3. The number of pyridine rings is 3. The summed E-state index contributed by atoms with van der Waals surface area (Å²) in [7, 11) is -0.749. The van der Waals surface area contributed by atoms with E-state index in [-0.39, 0.29) is 33.9 Å². The Kier molecular flexibility index (Phi) is 16.7. The van der Waals surface area contributed by atoms with E-state index in [2.05, 4.69) is 60.6 Å². The minimum Gasteiger partial charge on any atom is -0.381 e. The average Bonchev–Trinajstić information content (AvgIpc) is 4.30. The third-order valence-electron chi connectivity index (χ3n) is 13.4. The number of fused-ring (bicyclic) bond motifs is 3. The summed E-state index contributed by atoms with van der Waals surface area (Å²) in [6.45, 7) is 9.98. The van der Waals surface area contributed by atoms with Gasteiger partial charge in [0.05, 0.1) is 75.1 Å². The number of nitrogens with zero attached hydrogens (tertiary/aromatic N) is 7. The maximum absolute atomic E-state index is 13.3. The molecule has 4 aromatic carbocycles. The summed E-state index contributed by atoms with van der Waals surface area (Å²) in [5, 5.41) is 10.5. The molecular weight excluding hydrogens is 1050 g/mol. The normalized spacial score (nSPS) is 12.7. The standard InChI is InChI=1S/C21H15F2N3O.C21H23N3O2.C18H19FN4O3S/c1-13-2-7-20-18(8-13)19(12-26(20)17-5-3-14(22)4-6-17)21(27)25-16-9-15(23)10-24-11-16;1-14-3-6-20-18(11-14)19(13-24(20)17-7-9-26-10-8-17)21(25)23-16-5-4-15(2)22-12-16;1-4-23-11-16(18(24)21-13-7-12(19)9-20-10-13)15-8-14(5-6-17(15)23)27(25,26)22(2)3/h2-12H,1H3,(H,25,27);3-6,11-13,17H,7-10H2,1-2H3,(H,23,25);5-11H,4H2,1-3H3,(H,21,24). The van der Waals surface area contributed by atoms with Crippen molar-refractivity contribution in [2.24, 2.45) is 0 Å². The number of aryl methyl sites for hydroxylation is 4. The minimum atomic E-state index is -3.64. The first-order valence-electron chi connectivity index (χ1n) is 25.6. The molecule has 0 spiro atoms. The largest absolute Gasteiger partial charge is 0.381 e. The summed E-state index contributed by atoms with van der Waals surface area (Å²) in [4.78, 5) is 50.3. The molecule has 0 bridgehead atoms. The average molecular weight is 1100 g/mol. The zero-order chi connectivity index (χ0) is 56.8. The van der Waals surface area contributed by atoms with Crippen molar-refractivity contribution in [3.05, 3.63) is 204 Å². The van der Waals surface area contributed by atoms with Crippen LogP contribution < -0.4 is 16.0 Å². The van der Waals surface area contributed by atoms with Gasteiger partial charge < -0.3 is 34.4 Å². The van der Waals surface area contributed by atoms with E-state index in [0.717, 1.165) is 98.7 Å². The van der Waals surface area contributed by atoms with Gasteiger partial charge in [-0.3, -0.25) is 29.3 Å². The summed E-state index contributed by atoms with van der Waals surface area (Å²) in [5.41, 5.74) is 9.10. The molecule has 16 nitrogen and oxygen atoms in total. The smallest absolute Gasteiger partial charge is 0.257 e. The van der Waals surface area contributed by atoms with Crippen LogP contribution in [0.3, 0.4) is 0 Å². The first-order chi connectivity index (χ1) is 38.4. The number of anilines is 3. The Labute approximate surface area is 459 Å². The van der Waals surface area contributed by atoms with Gasteiger partial charge in [-0.2, -0.15) is 0 Å². The summed E-state index contributed by atoms with van der Waals surface area (Å²) < 4.78 is 77.3. The van der Waals surface area contributed by atoms with Gasteiger partial charge in [-0.15, -0.1) is 0 Å². The van der Waals surface area contributed by atoms with Crippen molar-refractivity contribution in [2.75, 3.05) is 43.3 Å². The number of ether oxygens (including phenoxy) is 1. The molecule has 1 aliphatic rings. The lowest BCUT2D eigenvalue weighted by Crippen LogP contribution is -2.22. The molecule has 1 saturated heterocycles. The van der Waals surface area contributed by atoms with Gasteiger partial charge in [0.2, 0.25) is 10.0 Å². The fraction of sp³-hybridized carbons (Fsp3) is 0.200. The number of hydrogen-bond acceptors (Lipinski definition) is 9. The first-order valence-corrected chi connectivity index (χ1v) is 27.0. The number of benzene rings is 4. The van der Waals surface area contributed by atoms with E-state index in [9.17, 15) is 36.0 Å². The van der Waals surface area contributed by atoms with Gasteiger partial charge in [-0.1, -0.05) is 23.3 Å². The van der Waals surface area contributed by atoms with Gasteiger partial charge in [-0.25, -0.2) is 25.9 Å². The van der Waals surface area contributed by atoms with E-state index in [0.29, 0.717) is 40.4 Å². The Morgan fingerprint density at radius 2 is 1.14 bits per heavy atom. The summed E-state index contributed by atoms with van der Waals surface area (Å²) >= 11 is 0. The van der Waals surface area contributed by atoms with Crippen molar-refractivity contribution in [3.8, 4) is 5.69 Å². The number of hydrogen-bond donors (Lipinski definition) is 3. The second-order valence-electron chi connectivity index (χ2n) is 19.4. The zero-order valence-corrected chi connectivity index (χ0v) is 45.5. The summed E-state index contributed by atoms with van der Waals surface area (Å²) in [5.74, 6) is -2.38. The van der Waals surface area contributed by atoms with E-state index >= 15 is 0 Å². The number of rotatable bonds is 11. The van der Waals surface area contributed by atoms with Crippen LogP contribution in [0.1, 0.15) is 73.7 Å². The van der Waals surface area contributed by atoms with E-state index < -0.39 is 27.6 Å². The molecule has 10 aromatic rings. The zero-order valence-electron chi connectivity index (χ0n) is 44.7. The van der Waals surface area contributed by atoms with Gasteiger partial charge in [0.15, 0.2) is 0 Å². The molecule has 1 fully saturated rings. The highest BCUT2D eigenvalue weighted by atomic mass is 32.2. The van der Waals surface area contributed by atoms with Crippen LogP contribution in [-0.2, 0) is 21.3 Å². The van der Waals surface area contributed by atoms with Crippen molar-refractivity contribution in [3.63, 3.8) is 0 Å². The van der Waals surface area contributed by atoms with Crippen molar-refractivity contribution in [2.45, 2.75) is 58.0 Å². The molecule has 410 valence electrons. The molecule has 0 atom stereocenters. The molecule has 0 unspecified atom stereocenters. The number of carbonyl (C=O) groups is 3. The van der Waals surface area contributed by atoms with Crippen LogP contribution >= 0.6 is 0 Å². The highest BCUT2D eigenvalue weighted by Crippen LogP contribution is 2.32. The molecule has 6 aromatic heterocycles. The Bertz CT molecular complexity index is 4040. The highest BCUT2D eigenvalue weighted by Gasteiger charge is 2.24. The SMILES string of the molecule is CCn1cc(C(=O)Nc2cncc(F)c2)c2cc(S(=O)(=O)N(C)C)ccc21.Cc1ccc2c(c1)c(C(=O)Nc1ccc(C)nc1)cn2C1CCOCC1.Cc1ccc2c(c1)c(C(=O)Nc1cncc(F)c1)cn2-c1ccc(F)cc1. The summed E-state index contributed by atoms with van der Waals surface area (Å²) in [6, 6.07) is 29.3. The monoisotopic (exact) mass is 1100 g/mol. The molecule has 0 saturated carbocycles. The van der Waals surface area contributed by atoms with Crippen LogP contribution in [0.2, 0.25) is 0 Å². The van der Waals surface area contributed by atoms with Crippen molar-refractivity contribution in [1.29, 1.82) is 0 Å². The van der Waals surface area contributed by atoms with Crippen LogP contribution in [0, 0.1) is 38.2 Å². The lowest BCUT2D eigenvalue weighted by atomic mass is 10.1. The molecule has 0 aliphatic carbocycles. The Hall–Kier alpha value is -8.98. The summed E-state index contributed by atoms with van der Waals surface area (Å²) in [6.07, 6.45) is 13.8. The van der Waals surface area contributed by atoms with Gasteiger partial charge >= 0.3 is 0 Å². The number of nitrogens with one attached hydrogen (secondary N) is 3. The van der Waals surface area contributed by atoms with Gasteiger partial charge in [-0.05, 0) is 119 Å². The predicted octanol–water partition coefficient (Wildman–Crippen LogP) is 11.8. The lowest BCUT2D eigenvalue weighted by molar-refractivity contribution is 0.0707. The number of amides is 3. The molecule has 1 aliphatic heterocycles. The second-order valence-corrected chi connectivity index (χ2v) is 21.5. The van der Waals surface area contributed by atoms with Gasteiger partial charge in [0.1, 0.15) is 17.5 Å². The second kappa shape index (κ2) is 23.9. The molecule has 20 heteroatoms. The van der Waals surface area contributed by atoms with Crippen LogP contribution in [0.15, 0.2) is 158 Å². The lowest BCUT2D eigenvalue weighted by Gasteiger charge is -2.24. The molecule has 3 amide bonds. The quantitative estimate of drug-likeness (QED) is 0.113. The number of halogens is 3. The Morgan fingerprint density at radius 3 is 1.70 bits per heavy atom. The van der Waals surface area contributed by atoms with Crippen molar-refractivity contribution >= 4 is 77.5 Å². The molecular formula is C60H57F3N10O6S. The molecule has 7 heterocycles. The molecule has 3 N–H and O–H groups in total. The van der Waals surface area contributed by atoms with E-state index in [1.807, 2.05) is 66.4 Å². The van der Waals surface area contributed by atoms with Crippen LogP contribution in [-0.4, -0.2) is 86.4 Å². The third kappa shape index (κ3) is 12.5. The van der Waals surface area contributed by atoms with Crippen molar-refractivity contribution < 1.29 is 40.7 Å². The third-order valence-corrected chi connectivity index (χ3v) is 15.2. The fourth-order valence-electron chi connectivity index (χ4n) is 9.34. The number of sulfonamides is 1. The van der Waals surface area contributed by atoms with Gasteiger partial charge in [0.25, 0.3) is 17.7 Å². The maximum Gasteiger partial charge on any atom is 0.257 e. The fourth-order valence-corrected chi connectivity index (χ4v) is 10.3. The van der Waals surface area contributed by atoms with E-state index in [1.165, 1.54) is 56.8 Å². The minimum absolute atomic E-state index is 0.0929. The Morgan fingerprint density at radius 1 is 0.600 bits per heavy atom. The molecule has 11 rings (SSSR count). The first kappa shape index (κ1) is 55.8. The highest BCUT2D eigenvalue weighted by molar-refractivity contribution is 7.89. The Balaban J connectivity index is 0.000000145. The van der Waals surface area contributed by atoms with E-state index in [1.54, 1.807) is 36.8 Å². The number of aromatic nitrogens is 6. The molecule has 0 radical (unpaired) electrons. The molecule has 80 heavy (non-hydrogen) atoms. The van der Waals surface area contributed by atoms with E-state index in [4.69, 9.17) is 4.74 Å². The van der Waals surface area contributed by atoms with Crippen LogP contribution in [0.4, 0.5) is 30.2 Å². The van der Waals surface area contributed by atoms with Crippen LogP contribution in [0.5, 0.6) is 0 Å². The number of carbonyl (C=O) groups excluding carboxylic acids is 3. The predicted molar refractivity (Wildman–Crippen MR) is 303 cm³/mol. The van der Waals surface area contributed by atoms with Crippen LogP contribution in [0.25, 0.3) is 38.4 Å². The van der Waals surface area contributed by atoms with Gasteiger partial charge in [0, 0.05) is 109 Å².